The Morgan fingerprint density at radius 3 is 2.84 bits per heavy atom. The molecule has 3 aromatic heterocycles. The fraction of sp³-hybridized carbons (Fsp3) is 0.333. The lowest BCUT2D eigenvalue weighted by Gasteiger charge is -2.08. The molecule has 0 radical (unpaired) electrons. The molecule has 3 aromatic rings. The normalized spacial score (nSPS) is 14.0. The number of pyridine rings is 1. The second-order valence-corrected chi connectivity index (χ2v) is 8.59. The standard InChI is InChI=1S/C18H18N4OS2/c1-11-8-15(12(2)25-11)16(23)10-24-18-21-20-17(22(18)14-5-6-14)13-4-3-7-19-9-13/h3-4,7-9,14H,5-6,10H2,1-2H3. The molecule has 1 fully saturated rings. The highest BCUT2D eigenvalue weighted by molar-refractivity contribution is 7.99. The zero-order valence-electron chi connectivity index (χ0n) is 14.1. The Balaban J connectivity index is 1.56. The van der Waals surface area contributed by atoms with Crippen LogP contribution in [0.25, 0.3) is 11.4 Å². The molecule has 7 heteroatoms. The van der Waals surface area contributed by atoms with Crippen molar-refractivity contribution in [3.63, 3.8) is 0 Å². The Labute approximate surface area is 154 Å². The first-order valence-electron chi connectivity index (χ1n) is 8.22. The van der Waals surface area contributed by atoms with Crippen LogP contribution in [0.3, 0.4) is 0 Å². The van der Waals surface area contributed by atoms with Crippen LogP contribution in [-0.2, 0) is 0 Å². The van der Waals surface area contributed by atoms with Gasteiger partial charge in [-0.15, -0.1) is 21.5 Å². The van der Waals surface area contributed by atoms with Crippen molar-refractivity contribution in [3.8, 4) is 11.4 Å². The number of hydrogen-bond acceptors (Lipinski definition) is 6. The number of Topliss-reactive ketones (excluding diaryl/α,β-unsaturated/α-hetero) is 1. The van der Waals surface area contributed by atoms with E-state index in [1.807, 2.05) is 32.0 Å². The van der Waals surface area contributed by atoms with E-state index in [4.69, 9.17) is 0 Å². The van der Waals surface area contributed by atoms with Crippen LogP contribution in [0.4, 0.5) is 0 Å². The monoisotopic (exact) mass is 370 g/mol. The number of nitrogens with zero attached hydrogens (tertiary/aromatic N) is 4. The van der Waals surface area contributed by atoms with Gasteiger partial charge >= 0.3 is 0 Å². The van der Waals surface area contributed by atoms with Crippen molar-refractivity contribution in [2.75, 3.05) is 5.75 Å². The van der Waals surface area contributed by atoms with E-state index < -0.39 is 0 Å². The first-order valence-corrected chi connectivity index (χ1v) is 10.0. The summed E-state index contributed by atoms with van der Waals surface area (Å²) in [7, 11) is 0. The highest BCUT2D eigenvalue weighted by Gasteiger charge is 2.30. The van der Waals surface area contributed by atoms with Crippen molar-refractivity contribution < 1.29 is 4.79 Å². The summed E-state index contributed by atoms with van der Waals surface area (Å²) in [5, 5.41) is 9.53. The van der Waals surface area contributed by atoms with Gasteiger partial charge in [-0.25, -0.2) is 0 Å². The number of ketones is 1. The number of thiophene rings is 1. The van der Waals surface area contributed by atoms with Crippen LogP contribution in [0.5, 0.6) is 0 Å². The van der Waals surface area contributed by atoms with Crippen molar-refractivity contribution in [2.45, 2.75) is 37.9 Å². The zero-order valence-corrected chi connectivity index (χ0v) is 15.7. The van der Waals surface area contributed by atoms with Crippen LogP contribution in [0.2, 0.25) is 0 Å². The summed E-state index contributed by atoms with van der Waals surface area (Å²) < 4.78 is 2.17. The molecule has 128 valence electrons. The van der Waals surface area contributed by atoms with Gasteiger partial charge in [0.25, 0.3) is 0 Å². The van der Waals surface area contributed by atoms with Crippen LogP contribution in [0.15, 0.2) is 35.7 Å². The second-order valence-electron chi connectivity index (χ2n) is 6.19. The van der Waals surface area contributed by atoms with Crippen molar-refractivity contribution in [2.24, 2.45) is 0 Å². The lowest BCUT2D eigenvalue weighted by atomic mass is 10.2. The van der Waals surface area contributed by atoms with E-state index in [2.05, 4.69) is 19.7 Å². The zero-order chi connectivity index (χ0) is 17.4. The minimum atomic E-state index is 0.153. The largest absolute Gasteiger partial charge is 0.299 e. The molecule has 0 amide bonds. The Kier molecular flexibility index (Phi) is 4.43. The minimum absolute atomic E-state index is 0.153. The smallest absolute Gasteiger partial charge is 0.192 e. The number of carbonyl (C=O) groups excluding carboxylic acids is 1. The maximum Gasteiger partial charge on any atom is 0.192 e. The van der Waals surface area contributed by atoms with E-state index in [0.29, 0.717) is 11.8 Å². The molecule has 1 aliphatic rings. The Bertz CT molecular complexity index is 913. The third kappa shape index (κ3) is 3.39. The third-order valence-electron chi connectivity index (χ3n) is 4.17. The van der Waals surface area contributed by atoms with Gasteiger partial charge in [-0.2, -0.15) is 0 Å². The molecule has 0 bridgehead atoms. The highest BCUT2D eigenvalue weighted by atomic mass is 32.2. The summed E-state index contributed by atoms with van der Waals surface area (Å²) in [5.74, 6) is 1.38. The molecule has 3 heterocycles. The Morgan fingerprint density at radius 1 is 1.36 bits per heavy atom. The van der Waals surface area contributed by atoms with Crippen LogP contribution >= 0.6 is 23.1 Å². The number of hydrogen-bond donors (Lipinski definition) is 0. The average molecular weight is 371 g/mol. The molecule has 0 atom stereocenters. The Hall–Kier alpha value is -1.99. The van der Waals surface area contributed by atoms with E-state index in [-0.39, 0.29) is 5.78 Å². The maximum absolute atomic E-state index is 12.5. The molecule has 1 aliphatic carbocycles. The molecule has 0 N–H and O–H groups in total. The van der Waals surface area contributed by atoms with Crippen LogP contribution in [0, 0.1) is 13.8 Å². The van der Waals surface area contributed by atoms with E-state index >= 15 is 0 Å². The minimum Gasteiger partial charge on any atom is -0.299 e. The number of thioether (sulfide) groups is 1. The molecule has 0 aromatic carbocycles. The Morgan fingerprint density at radius 2 is 2.20 bits per heavy atom. The molecule has 0 saturated heterocycles. The van der Waals surface area contributed by atoms with Crippen molar-refractivity contribution >= 4 is 28.9 Å². The fourth-order valence-electron chi connectivity index (χ4n) is 2.84. The predicted octanol–water partition coefficient (Wildman–Crippen LogP) is 4.33. The van der Waals surface area contributed by atoms with Crippen molar-refractivity contribution in [1.82, 2.24) is 19.7 Å². The third-order valence-corrected chi connectivity index (χ3v) is 6.08. The van der Waals surface area contributed by atoms with E-state index in [1.54, 1.807) is 23.7 Å². The first-order chi connectivity index (χ1) is 12.1. The molecule has 0 aliphatic heterocycles. The van der Waals surface area contributed by atoms with Gasteiger partial charge in [0.1, 0.15) is 0 Å². The molecule has 4 rings (SSSR count). The summed E-state index contributed by atoms with van der Waals surface area (Å²) in [6, 6.07) is 6.31. The van der Waals surface area contributed by atoms with E-state index in [1.165, 1.54) is 16.6 Å². The van der Waals surface area contributed by atoms with Gasteiger partial charge in [-0.3, -0.25) is 14.3 Å². The summed E-state index contributed by atoms with van der Waals surface area (Å²) in [4.78, 5) is 19.0. The maximum atomic E-state index is 12.5. The summed E-state index contributed by atoms with van der Waals surface area (Å²) in [6.07, 6.45) is 5.83. The van der Waals surface area contributed by atoms with Crippen LogP contribution < -0.4 is 0 Å². The molecular formula is C18H18N4OS2. The average Bonchev–Trinajstić information content (AvgIpc) is 3.27. The summed E-state index contributed by atoms with van der Waals surface area (Å²) >= 11 is 3.14. The topological polar surface area (TPSA) is 60.7 Å². The van der Waals surface area contributed by atoms with Crippen molar-refractivity contribution in [1.29, 1.82) is 0 Å². The van der Waals surface area contributed by atoms with Gasteiger partial charge < -0.3 is 0 Å². The number of aryl methyl sites for hydroxylation is 2. The lowest BCUT2D eigenvalue weighted by Crippen LogP contribution is -2.05. The quantitative estimate of drug-likeness (QED) is 0.477. The number of aromatic nitrogens is 4. The first kappa shape index (κ1) is 16.5. The number of rotatable bonds is 6. The van der Waals surface area contributed by atoms with Crippen LogP contribution in [0.1, 0.15) is 39.0 Å². The molecule has 0 spiro atoms. The van der Waals surface area contributed by atoms with Gasteiger partial charge in [0.15, 0.2) is 16.8 Å². The van der Waals surface area contributed by atoms with Gasteiger partial charge in [-0.05, 0) is 44.9 Å². The second kappa shape index (κ2) is 6.72. The van der Waals surface area contributed by atoms with Gasteiger partial charge in [0.05, 0.1) is 5.75 Å². The molecule has 25 heavy (non-hydrogen) atoms. The molecule has 1 saturated carbocycles. The highest BCUT2D eigenvalue weighted by Crippen LogP contribution is 2.41. The number of carbonyl (C=O) groups is 1. The SMILES string of the molecule is Cc1cc(C(=O)CSc2nnc(-c3cccnc3)n2C2CC2)c(C)s1. The van der Waals surface area contributed by atoms with E-state index in [0.717, 1.165) is 39.8 Å². The molecular weight excluding hydrogens is 352 g/mol. The molecule has 5 nitrogen and oxygen atoms in total. The van der Waals surface area contributed by atoms with Crippen LogP contribution in [-0.4, -0.2) is 31.3 Å². The van der Waals surface area contributed by atoms with Gasteiger partial charge in [0.2, 0.25) is 0 Å². The van der Waals surface area contributed by atoms with Crippen molar-refractivity contribution in [3.05, 3.63) is 45.9 Å². The lowest BCUT2D eigenvalue weighted by molar-refractivity contribution is 0.102. The summed E-state index contributed by atoms with van der Waals surface area (Å²) in [6.45, 7) is 4.04. The summed E-state index contributed by atoms with van der Waals surface area (Å²) in [5.41, 5.74) is 1.80. The fourth-order valence-corrected chi connectivity index (χ4v) is 4.68. The van der Waals surface area contributed by atoms with Gasteiger partial charge in [-0.1, -0.05) is 11.8 Å². The molecule has 0 unspecified atom stereocenters. The predicted molar refractivity (Wildman–Crippen MR) is 100 cm³/mol. The van der Waals surface area contributed by atoms with Gasteiger partial charge in [0, 0.05) is 39.3 Å². The van der Waals surface area contributed by atoms with E-state index in [9.17, 15) is 4.79 Å².